The van der Waals surface area contributed by atoms with E-state index in [4.69, 9.17) is 0 Å². The fraction of sp³-hybridized carbons (Fsp3) is 0.286. The van der Waals surface area contributed by atoms with Crippen LogP contribution in [0.1, 0.15) is 12.8 Å². The smallest absolute Gasteiger partial charge is 0.323 e. The summed E-state index contributed by atoms with van der Waals surface area (Å²) in [6.07, 6.45) is 1.69. The molecule has 4 rings (SSSR count). The highest BCUT2D eigenvalue weighted by atomic mass is 16.2. The number of carbonyl (C=O) groups excluding carboxylic acids is 2. The number of aromatic nitrogens is 2. The topological polar surface area (TPSA) is 110 Å². The average Bonchev–Trinajstić information content (AvgIpc) is 3.08. The van der Waals surface area contributed by atoms with Crippen LogP contribution in [-0.2, 0) is 9.59 Å². The molecule has 8 heteroatoms. The molecule has 0 spiro atoms. The van der Waals surface area contributed by atoms with E-state index in [1.165, 1.54) is 0 Å². The van der Waals surface area contributed by atoms with Gasteiger partial charge >= 0.3 is 5.69 Å². The van der Waals surface area contributed by atoms with Gasteiger partial charge in [0, 0.05) is 17.9 Å². The van der Waals surface area contributed by atoms with Gasteiger partial charge in [-0.3, -0.25) is 14.5 Å². The van der Waals surface area contributed by atoms with Crippen LogP contribution in [0.25, 0.3) is 11.0 Å². The van der Waals surface area contributed by atoms with E-state index >= 15 is 0 Å². The largest absolute Gasteiger partial charge is 0.326 e. The van der Waals surface area contributed by atoms with Gasteiger partial charge in [-0.15, -0.1) is 0 Å². The summed E-state index contributed by atoms with van der Waals surface area (Å²) in [4.78, 5) is 43.7. The minimum Gasteiger partial charge on any atom is -0.326 e. The number of anilines is 2. The number of H-pyrrole nitrogens is 2. The van der Waals surface area contributed by atoms with E-state index in [2.05, 4.69) is 20.6 Å². The molecule has 2 amide bonds. The van der Waals surface area contributed by atoms with Crippen LogP contribution in [0.5, 0.6) is 0 Å². The van der Waals surface area contributed by atoms with Gasteiger partial charge in [0.1, 0.15) is 0 Å². The van der Waals surface area contributed by atoms with Crippen molar-refractivity contribution >= 4 is 34.2 Å². The lowest BCUT2D eigenvalue weighted by Crippen LogP contribution is -2.43. The second kappa shape index (κ2) is 8.32. The Kier molecular flexibility index (Phi) is 5.44. The number of nitrogens with one attached hydrogen (secondary N) is 4. The normalized spacial score (nSPS) is 17.2. The van der Waals surface area contributed by atoms with E-state index in [9.17, 15) is 14.4 Å². The van der Waals surface area contributed by atoms with Crippen molar-refractivity contribution in [3.05, 3.63) is 59.0 Å². The standard InChI is InChI=1S/C21H23N5O3/c27-19(22-16-8-9-17-18(11-16)25-21(29)24-17)13-26-10-4-5-14(12-26)20(28)23-15-6-2-1-3-7-15/h1-3,6-9,11,14H,4-5,10,12-13H2,(H,22,27)(H,23,28)(H2,24,25,29)/t14-/m1/s1. The summed E-state index contributed by atoms with van der Waals surface area (Å²) in [5.74, 6) is -0.299. The van der Waals surface area contributed by atoms with E-state index < -0.39 is 0 Å². The first-order valence-corrected chi connectivity index (χ1v) is 9.67. The number of rotatable bonds is 5. The third kappa shape index (κ3) is 4.72. The summed E-state index contributed by atoms with van der Waals surface area (Å²) >= 11 is 0. The van der Waals surface area contributed by atoms with E-state index in [0.29, 0.717) is 23.3 Å². The quantitative estimate of drug-likeness (QED) is 0.532. The average molecular weight is 393 g/mol. The van der Waals surface area contributed by atoms with Crippen molar-refractivity contribution in [1.82, 2.24) is 14.9 Å². The van der Waals surface area contributed by atoms with E-state index in [1.54, 1.807) is 18.2 Å². The summed E-state index contributed by atoms with van der Waals surface area (Å²) in [5.41, 5.74) is 2.45. The molecule has 0 bridgehead atoms. The number of nitrogens with zero attached hydrogens (tertiary/aromatic N) is 1. The Morgan fingerprint density at radius 2 is 1.79 bits per heavy atom. The van der Waals surface area contributed by atoms with Crippen molar-refractivity contribution in [1.29, 1.82) is 0 Å². The van der Waals surface area contributed by atoms with Gasteiger partial charge in [0.05, 0.1) is 23.5 Å². The fourth-order valence-electron chi connectivity index (χ4n) is 3.69. The lowest BCUT2D eigenvalue weighted by atomic mass is 9.97. The molecular formula is C21H23N5O3. The number of para-hydroxylation sites is 1. The zero-order valence-electron chi connectivity index (χ0n) is 15.9. The molecule has 150 valence electrons. The number of hydrogen-bond donors (Lipinski definition) is 4. The maximum absolute atomic E-state index is 12.5. The zero-order valence-corrected chi connectivity index (χ0v) is 15.9. The van der Waals surface area contributed by atoms with Gasteiger partial charge in [0.25, 0.3) is 0 Å². The molecule has 8 nitrogen and oxygen atoms in total. The Bertz CT molecular complexity index is 1070. The summed E-state index contributed by atoms with van der Waals surface area (Å²) in [6.45, 7) is 1.56. The summed E-state index contributed by atoms with van der Waals surface area (Å²) < 4.78 is 0. The minimum absolute atomic E-state index is 0.0110. The molecular weight excluding hydrogens is 370 g/mol. The van der Waals surface area contributed by atoms with Gasteiger partial charge in [-0.05, 0) is 49.7 Å². The third-order valence-electron chi connectivity index (χ3n) is 5.08. The first kappa shape index (κ1) is 18.9. The van der Waals surface area contributed by atoms with Crippen LogP contribution in [0, 0.1) is 5.92 Å². The summed E-state index contributed by atoms with van der Waals surface area (Å²) in [7, 11) is 0. The summed E-state index contributed by atoms with van der Waals surface area (Å²) in [6, 6.07) is 14.6. The molecule has 1 aliphatic rings. The first-order chi connectivity index (χ1) is 14.1. The summed E-state index contributed by atoms with van der Waals surface area (Å²) in [5, 5.41) is 5.80. The van der Waals surface area contributed by atoms with Crippen molar-refractivity contribution in [2.45, 2.75) is 12.8 Å². The van der Waals surface area contributed by atoms with Crippen molar-refractivity contribution in [2.75, 3.05) is 30.3 Å². The number of carbonyl (C=O) groups is 2. The van der Waals surface area contributed by atoms with Crippen molar-refractivity contribution in [2.24, 2.45) is 5.92 Å². The van der Waals surface area contributed by atoms with Gasteiger partial charge < -0.3 is 20.6 Å². The molecule has 0 aliphatic carbocycles. The molecule has 4 N–H and O–H groups in total. The lowest BCUT2D eigenvalue weighted by molar-refractivity contribution is -0.123. The van der Waals surface area contributed by atoms with Gasteiger partial charge in [0.15, 0.2) is 0 Å². The Hall–Kier alpha value is -3.39. The Balaban J connectivity index is 1.32. The van der Waals surface area contributed by atoms with Crippen molar-refractivity contribution < 1.29 is 9.59 Å². The zero-order chi connectivity index (χ0) is 20.2. The molecule has 1 fully saturated rings. The van der Waals surface area contributed by atoms with Crippen LogP contribution in [0.4, 0.5) is 11.4 Å². The monoisotopic (exact) mass is 393 g/mol. The molecule has 0 radical (unpaired) electrons. The van der Waals surface area contributed by atoms with Crippen LogP contribution in [0.3, 0.4) is 0 Å². The highest BCUT2D eigenvalue weighted by Gasteiger charge is 2.27. The van der Waals surface area contributed by atoms with Crippen molar-refractivity contribution in [3.8, 4) is 0 Å². The predicted molar refractivity (Wildman–Crippen MR) is 112 cm³/mol. The highest BCUT2D eigenvalue weighted by molar-refractivity contribution is 5.95. The number of hydrogen-bond acceptors (Lipinski definition) is 4. The number of imidazole rings is 1. The fourth-order valence-corrected chi connectivity index (χ4v) is 3.69. The van der Waals surface area contributed by atoms with Crippen LogP contribution in [0.2, 0.25) is 0 Å². The van der Waals surface area contributed by atoms with E-state index in [-0.39, 0.29) is 30.0 Å². The van der Waals surface area contributed by atoms with Crippen molar-refractivity contribution in [3.63, 3.8) is 0 Å². The third-order valence-corrected chi connectivity index (χ3v) is 5.08. The molecule has 0 saturated carbocycles. The molecule has 1 atom stereocenters. The maximum Gasteiger partial charge on any atom is 0.323 e. The SMILES string of the molecule is O=C(CN1CCC[C@@H](C(=O)Nc2ccccc2)C1)Nc1ccc2[nH]c(=O)[nH]c2c1. The molecule has 1 aliphatic heterocycles. The van der Waals surface area contributed by atoms with Crippen LogP contribution in [-0.4, -0.2) is 46.3 Å². The highest BCUT2D eigenvalue weighted by Crippen LogP contribution is 2.19. The number of piperidine rings is 1. The van der Waals surface area contributed by atoms with E-state index in [0.717, 1.165) is 25.1 Å². The predicted octanol–water partition coefficient (Wildman–Crippen LogP) is 2.15. The molecule has 29 heavy (non-hydrogen) atoms. The first-order valence-electron chi connectivity index (χ1n) is 9.67. The van der Waals surface area contributed by atoms with Gasteiger partial charge in [-0.2, -0.15) is 0 Å². The van der Waals surface area contributed by atoms with Crippen LogP contribution < -0.4 is 16.3 Å². The molecule has 1 saturated heterocycles. The van der Waals surface area contributed by atoms with Gasteiger partial charge in [-0.25, -0.2) is 4.79 Å². The Morgan fingerprint density at radius 1 is 1.00 bits per heavy atom. The molecule has 3 aromatic rings. The van der Waals surface area contributed by atoms with Crippen LogP contribution >= 0.6 is 0 Å². The number of aromatic amines is 2. The molecule has 1 aromatic heterocycles. The second-order valence-electron chi connectivity index (χ2n) is 7.32. The number of fused-ring (bicyclic) bond motifs is 1. The van der Waals surface area contributed by atoms with E-state index in [1.807, 2.05) is 35.2 Å². The lowest BCUT2D eigenvalue weighted by Gasteiger charge is -2.31. The molecule has 2 aromatic carbocycles. The second-order valence-corrected chi connectivity index (χ2v) is 7.32. The number of amides is 2. The Morgan fingerprint density at radius 3 is 2.62 bits per heavy atom. The van der Waals surface area contributed by atoms with Crippen LogP contribution in [0.15, 0.2) is 53.3 Å². The van der Waals surface area contributed by atoms with Gasteiger partial charge in [0.2, 0.25) is 11.8 Å². The Labute approximate surface area is 167 Å². The molecule has 2 heterocycles. The van der Waals surface area contributed by atoms with Gasteiger partial charge in [-0.1, -0.05) is 18.2 Å². The number of benzene rings is 2. The minimum atomic E-state index is -0.281. The molecule has 0 unspecified atom stereocenters. The number of likely N-dealkylation sites (tertiary alicyclic amines) is 1. The maximum atomic E-state index is 12.5.